The van der Waals surface area contributed by atoms with Crippen molar-refractivity contribution in [2.45, 2.75) is 58.4 Å². The molecular formula is C17H34N2O. The molecule has 0 aromatic heterocycles. The van der Waals surface area contributed by atoms with Crippen molar-refractivity contribution in [2.75, 3.05) is 39.9 Å². The molecule has 1 atom stereocenters. The Morgan fingerprint density at radius 2 is 1.95 bits per heavy atom. The Bertz CT molecular complexity index is 292. The van der Waals surface area contributed by atoms with Crippen LogP contribution >= 0.6 is 0 Å². The predicted molar refractivity (Wildman–Crippen MR) is 85.1 cm³/mol. The van der Waals surface area contributed by atoms with Crippen LogP contribution < -0.4 is 5.32 Å². The van der Waals surface area contributed by atoms with Crippen LogP contribution in [0.15, 0.2) is 0 Å². The van der Waals surface area contributed by atoms with Crippen LogP contribution in [0, 0.1) is 11.3 Å². The molecule has 2 aliphatic rings. The number of likely N-dealkylation sites (tertiary alicyclic amines) is 1. The molecule has 0 spiro atoms. The third-order valence-electron chi connectivity index (χ3n) is 4.99. The topological polar surface area (TPSA) is 24.5 Å². The summed E-state index contributed by atoms with van der Waals surface area (Å²) in [5.41, 5.74) is 0.758. The highest BCUT2D eigenvalue weighted by atomic mass is 16.5. The Balaban J connectivity index is 1.86. The molecule has 1 aliphatic carbocycles. The van der Waals surface area contributed by atoms with Gasteiger partial charge in [-0.05, 0) is 57.9 Å². The second kappa shape index (κ2) is 6.76. The quantitative estimate of drug-likeness (QED) is 0.811. The van der Waals surface area contributed by atoms with Crippen LogP contribution in [0.4, 0.5) is 0 Å². The second-order valence-electron chi connectivity index (χ2n) is 8.16. The summed E-state index contributed by atoms with van der Waals surface area (Å²) < 4.78 is 5.32. The van der Waals surface area contributed by atoms with E-state index in [1.165, 1.54) is 58.3 Å². The standard InChI is InChI=1S/C17H34N2O/c1-16(2,3)18-13-17(8-5-6-9-17)14-19-10-7-15(11-19)12-20-4/h15,18H,5-14H2,1-4H3. The Morgan fingerprint density at radius 1 is 1.25 bits per heavy atom. The van der Waals surface area contributed by atoms with Gasteiger partial charge < -0.3 is 15.0 Å². The first-order chi connectivity index (χ1) is 9.42. The number of rotatable bonds is 6. The van der Waals surface area contributed by atoms with Gasteiger partial charge in [-0.15, -0.1) is 0 Å². The van der Waals surface area contributed by atoms with E-state index in [2.05, 4.69) is 31.0 Å². The molecule has 2 fully saturated rings. The zero-order valence-corrected chi connectivity index (χ0v) is 14.0. The molecule has 0 radical (unpaired) electrons. The lowest BCUT2D eigenvalue weighted by molar-refractivity contribution is 0.133. The molecule has 0 amide bonds. The highest BCUT2D eigenvalue weighted by molar-refractivity contribution is 4.92. The highest BCUT2D eigenvalue weighted by Gasteiger charge is 2.37. The smallest absolute Gasteiger partial charge is 0.0503 e. The maximum atomic E-state index is 5.32. The van der Waals surface area contributed by atoms with Crippen molar-refractivity contribution in [3.05, 3.63) is 0 Å². The normalized spacial score (nSPS) is 27.3. The first-order valence-electron chi connectivity index (χ1n) is 8.39. The summed E-state index contributed by atoms with van der Waals surface area (Å²) in [7, 11) is 1.83. The fourth-order valence-corrected chi connectivity index (χ4v) is 3.87. The summed E-state index contributed by atoms with van der Waals surface area (Å²) in [5, 5.41) is 3.76. The Morgan fingerprint density at radius 3 is 2.55 bits per heavy atom. The summed E-state index contributed by atoms with van der Waals surface area (Å²) >= 11 is 0. The number of nitrogens with zero attached hydrogens (tertiary/aromatic N) is 1. The molecule has 0 aromatic carbocycles. The number of hydrogen-bond donors (Lipinski definition) is 1. The van der Waals surface area contributed by atoms with Gasteiger partial charge >= 0.3 is 0 Å². The molecule has 1 saturated heterocycles. The average molecular weight is 282 g/mol. The SMILES string of the molecule is COCC1CCN(CC2(CNC(C)(C)C)CCCC2)C1. The molecule has 1 unspecified atom stereocenters. The van der Waals surface area contributed by atoms with Gasteiger partial charge in [0.2, 0.25) is 0 Å². The third kappa shape index (κ3) is 4.71. The first-order valence-corrected chi connectivity index (χ1v) is 8.39. The van der Waals surface area contributed by atoms with Crippen molar-refractivity contribution >= 4 is 0 Å². The van der Waals surface area contributed by atoms with E-state index < -0.39 is 0 Å². The van der Waals surface area contributed by atoms with Gasteiger partial charge in [0.1, 0.15) is 0 Å². The molecule has 3 nitrogen and oxygen atoms in total. The van der Waals surface area contributed by atoms with Gasteiger partial charge in [-0.2, -0.15) is 0 Å². The molecule has 118 valence electrons. The van der Waals surface area contributed by atoms with Crippen LogP contribution in [0.1, 0.15) is 52.9 Å². The Labute approximate surface area is 125 Å². The van der Waals surface area contributed by atoms with E-state index >= 15 is 0 Å². The van der Waals surface area contributed by atoms with Crippen molar-refractivity contribution in [1.82, 2.24) is 10.2 Å². The average Bonchev–Trinajstić information content (AvgIpc) is 2.98. The van der Waals surface area contributed by atoms with Gasteiger partial charge in [0.05, 0.1) is 6.61 Å². The fourth-order valence-electron chi connectivity index (χ4n) is 3.87. The number of methoxy groups -OCH3 is 1. The van der Waals surface area contributed by atoms with Gasteiger partial charge in [-0.25, -0.2) is 0 Å². The van der Waals surface area contributed by atoms with E-state index in [0.717, 1.165) is 12.5 Å². The lowest BCUT2D eigenvalue weighted by Gasteiger charge is -2.36. The zero-order chi connectivity index (χ0) is 14.6. The molecule has 20 heavy (non-hydrogen) atoms. The second-order valence-corrected chi connectivity index (χ2v) is 8.16. The van der Waals surface area contributed by atoms with E-state index in [1.807, 2.05) is 7.11 Å². The lowest BCUT2D eigenvalue weighted by Crippen LogP contribution is -2.47. The minimum Gasteiger partial charge on any atom is -0.384 e. The van der Waals surface area contributed by atoms with Crippen molar-refractivity contribution in [1.29, 1.82) is 0 Å². The van der Waals surface area contributed by atoms with E-state index in [-0.39, 0.29) is 5.54 Å². The molecular weight excluding hydrogens is 248 g/mol. The Hall–Kier alpha value is -0.120. The van der Waals surface area contributed by atoms with Crippen molar-refractivity contribution < 1.29 is 4.74 Å². The number of hydrogen-bond acceptors (Lipinski definition) is 3. The highest BCUT2D eigenvalue weighted by Crippen LogP contribution is 2.39. The van der Waals surface area contributed by atoms with Crippen LogP contribution in [0.2, 0.25) is 0 Å². The minimum atomic E-state index is 0.235. The molecule has 3 heteroatoms. The van der Waals surface area contributed by atoms with Gasteiger partial charge in [0.15, 0.2) is 0 Å². The first kappa shape index (κ1) is 16.3. The maximum absolute atomic E-state index is 5.32. The molecule has 1 N–H and O–H groups in total. The van der Waals surface area contributed by atoms with Crippen molar-refractivity contribution in [3.63, 3.8) is 0 Å². The van der Waals surface area contributed by atoms with Gasteiger partial charge in [0, 0.05) is 32.3 Å². The van der Waals surface area contributed by atoms with Gasteiger partial charge in [-0.1, -0.05) is 12.8 Å². The van der Waals surface area contributed by atoms with E-state index in [4.69, 9.17) is 4.74 Å². The van der Waals surface area contributed by atoms with Crippen LogP contribution in [-0.2, 0) is 4.74 Å². The monoisotopic (exact) mass is 282 g/mol. The summed E-state index contributed by atoms with van der Waals surface area (Å²) in [5.74, 6) is 0.758. The van der Waals surface area contributed by atoms with Crippen LogP contribution in [0.25, 0.3) is 0 Å². The van der Waals surface area contributed by atoms with Crippen molar-refractivity contribution in [3.8, 4) is 0 Å². The summed E-state index contributed by atoms with van der Waals surface area (Å²) in [6, 6.07) is 0. The van der Waals surface area contributed by atoms with Crippen LogP contribution in [0.3, 0.4) is 0 Å². The number of ether oxygens (including phenoxy) is 1. The summed E-state index contributed by atoms with van der Waals surface area (Å²) in [6.45, 7) is 12.7. The lowest BCUT2D eigenvalue weighted by atomic mass is 9.84. The Kier molecular flexibility index (Phi) is 5.49. The maximum Gasteiger partial charge on any atom is 0.0503 e. The molecule has 1 saturated carbocycles. The van der Waals surface area contributed by atoms with E-state index in [0.29, 0.717) is 5.41 Å². The van der Waals surface area contributed by atoms with Crippen LogP contribution in [0.5, 0.6) is 0 Å². The van der Waals surface area contributed by atoms with E-state index in [9.17, 15) is 0 Å². The predicted octanol–water partition coefficient (Wildman–Crippen LogP) is 2.90. The molecule has 0 bridgehead atoms. The van der Waals surface area contributed by atoms with Crippen molar-refractivity contribution in [2.24, 2.45) is 11.3 Å². The zero-order valence-electron chi connectivity index (χ0n) is 14.0. The summed E-state index contributed by atoms with van der Waals surface area (Å²) in [4.78, 5) is 2.69. The van der Waals surface area contributed by atoms with Gasteiger partial charge in [0.25, 0.3) is 0 Å². The van der Waals surface area contributed by atoms with Gasteiger partial charge in [-0.3, -0.25) is 0 Å². The number of nitrogens with one attached hydrogen (secondary N) is 1. The van der Waals surface area contributed by atoms with Crippen LogP contribution in [-0.4, -0.2) is 50.3 Å². The largest absolute Gasteiger partial charge is 0.384 e. The molecule has 1 aliphatic heterocycles. The summed E-state index contributed by atoms with van der Waals surface area (Å²) in [6.07, 6.45) is 6.96. The molecule has 2 rings (SSSR count). The molecule has 0 aromatic rings. The third-order valence-corrected chi connectivity index (χ3v) is 4.99. The molecule has 1 heterocycles. The van der Waals surface area contributed by atoms with E-state index in [1.54, 1.807) is 0 Å². The fraction of sp³-hybridized carbons (Fsp3) is 1.00. The minimum absolute atomic E-state index is 0.235.